The monoisotopic (exact) mass is 400 g/mol. The van der Waals surface area contributed by atoms with Gasteiger partial charge in [-0.1, -0.05) is 0 Å². The number of nitrogens with one attached hydrogen (secondary N) is 2. The zero-order valence-corrected chi connectivity index (χ0v) is 15.5. The predicted molar refractivity (Wildman–Crippen MR) is 104 cm³/mol. The number of aromatic amines is 1. The van der Waals surface area contributed by atoms with Gasteiger partial charge in [-0.2, -0.15) is 0 Å². The molecule has 0 unspecified atom stereocenters. The lowest BCUT2D eigenvalue weighted by molar-refractivity contribution is -0.117. The van der Waals surface area contributed by atoms with E-state index < -0.39 is 18.2 Å². The van der Waals surface area contributed by atoms with Crippen molar-refractivity contribution in [2.45, 2.75) is 19.3 Å². The molecular formula is C20H18F2N4O3. The highest BCUT2D eigenvalue weighted by molar-refractivity contribution is 6.06. The van der Waals surface area contributed by atoms with E-state index in [2.05, 4.69) is 15.3 Å². The minimum atomic E-state index is -2.71. The molecule has 0 saturated carbocycles. The summed E-state index contributed by atoms with van der Waals surface area (Å²) in [6.07, 6.45) is -1.41. The molecule has 2 aromatic carbocycles. The molecule has 150 valence electrons. The Morgan fingerprint density at radius 2 is 2.10 bits per heavy atom. The molecule has 1 aliphatic heterocycles. The van der Waals surface area contributed by atoms with Crippen LogP contribution in [0, 0.1) is 0 Å². The van der Waals surface area contributed by atoms with Crippen LogP contribution in [0.15, 0.2) is 36.4 Å². The first kappa shape index (κ1) is 18.9. The number of carbonyl (C=O) groups excluding carboxylic acids is 2. The van der Waals surface area contributed by atoms with Crippen molar-refractivity contribution in [3.63, 3.8) is 0 Å². The number of aromatic nitrogens is 2. The average Bonchev–Trinajstić information content (AvgIpc) is 3.33. The van der Waals surface area contributed by atoms with Crippen LogP contribution in [0.25, 0.3) is 11.0 Å². The summed E-state index contributed by atoms with van der Waals surface area (Å²) in [5.74, 6) is -0.332. The number of carbonyl (C=O) groups is 2. The lowest BCUT2D eigenvalue weighted by atomic mass is 10.1. The number of rotatable bonds is 5. The van der Waals surface area contributed by atoms with Crippen LogP contribution in [-0.4, -0.2) is 35.4 Å². The molecule has 2 N–H and O–H groups in total. The van der Waals surface area contributed by atoms with Gasteiger partial charge < -0.3 is 19.9 Å². The lowest BCUT2D eigenvalue weighted by Gasteiger charge is -2.19. The second kappa shape index (κ2) is 7.50. The molecule has 0 aliphatic carbocycles. The van der Waals surface area contributed by atoms with Crippen LogP contribution in [0.3, 0.4) is 0 Å². The minimum Gasteiger partial charge on any atom is -0.494 e. The third-order valence-corrected chi connectivity index (χ3v) is 4.77. The average molecular weight is 400 g/mol. The summed E-state index contributed by atoms with van der Waals surface area (Å²) in [6.45, 7) is 0.631. The number of ether oxygens (including phenoxy) is 1. The second-order valence-corrected chi connectivity index (χ2v) is 6.64. The van der Waals surface area contributed by atoms with Gasteiger partial charge in [0.2, 0.25) is 5.91 Å². The Balaban J connectivity index is 1.56. The Bertz CT molecular complexity index is 1100. The maximum absolute atomic E-state index is 12.8. The van der Waals surface area contributed by atoms with Crippen molar-refractivity contribution in [1.82, 2.24) is 9.97 Å². The summed E-state index contributed by atoms with van der Waals surface area (Å²) in [6, 6.07) is 9.55. The van der Waals surface area contributed by atoms with Gasteiger partial charge in [0.25, 0.3) is 12.3 Å². The first-order valence-electron chi connectivity index (χ1n) is 9.04. The van der Waals surface area contributed by atoms with Crippen molar-refractivity contribution < 1.29 is 23.1 Å². The maximum atomic E-state index is 12.8. The molecule has 7 nitrogen and oxygen atoms in total. The van der Waals surface area contributed by atoms with Crippen LogP contribution in [0.5, 0.6) is 5.75 Å². The molecule has 0 spiro atoms. The number of amides is 2. The standard InChI is InChI=1S/C20H18F2N4O3/c1-29-16-10-12(5-7-15(16)26-8-2-3-17(26)27)23-20(28)11-4-6-13-14(9-11)25-19(24-13)18(21)22/h4-7,9-10,18H,2-3,8H2,1H3,(H,23,28)(H,24,25). The molecular weight excluding hydrogens is 382 g/mol. The lowest BCUT2D eigenvalue weighted by Crippen LogP contribution is -2.24. The molecule has 0 radical (unpaired) electrons. The van der Waals surface area contributed by atoms with Gasteiger partial charge in [-0.15, -0.1) is 0 Å². The topological polar surface area (TPSA) is 87.3 Å². The fourth-order valence-corrected chi connectivity index (χ4v) is 3.36. The molecule has 0 atom stereocenters. The van der Waals surface area contributed by atoms with E-state index in [1.807, 2.05) is 0 Å². The van der Waals surface area contributed by atoms with Crippen molar-refractivity contribution in [2.75, 3.05) is 23.9 Å². The number of benzene rings is 2. The number of imidazole rings is 1. The number of anilines is 2. The number of H-pyrrole nitrogens is 1. The van der Waals surface area contributed by atoms with Crippen LogP contribution in [0.4, 0.5) is 20.2 Å². The van der Waals surface area contributed by atoms with Gasteiger partial charge in [-0.3, -0.25) is 9.59 Å². The first-order chi connectivity index (χ1) is 14.0. The van der Waals surface area contributed by atoms with E-state index in [1.165, 1.54) is 25.3 Å². The van der Waals surface area contributed by atoms with Crippen LogP contribution in [0.1, 0.15) is 35.4 Å². The van der Waals surface area contributed by atoms with Crippen molar-refractivity contribution in [2.24, 2.45) is 0 Å². The molecule has 0 bridgehead atoms. The van der Waals surface area contributed by atoms with Gasteiger partial charge in [0.15, 0.2) is 5.82 Å². The van der Waals surface area contributed by atoms with E-state index in [9.17, 15) is 18.4 Å². The molecule has 29 heavy (non-hydrogen) atoms. The van der Waals surface area contributed by atoms with E-state index in [4.69, 9.17) is 4.74 Å². The predicted octanol–water partition coefficient (Wildman–Crippen LogP) is 3.89. The van der Waals surface area contributed by atoms with Crippen LogP contribution >= 0.6 is 0 Å². The Kier molecular flexibility index (Phi) is 4.87. The van der Waals surface area contributed by atoms with E-state index in [0.717, 1.165) is 6.42 Å². The minimum absolute atomic E-state index is 0.0381. The molecule has 1 aliphatic rings. The summed E-state index contributed by atoms with van der Waals surface area (Å²) in [4.78, 5) is 32.5. The smallest absolute Gasteiger partial charge is 0.295 e. The molecule has 4 rings (SSSR count). The van der Waals surface area contributed by atoms with Crippen molar-refractivity contribution in [1.29, 1.82) is 0 Å². The van der Waals surface area contributed by atoms with E-state index in [0.29, 0.717) is 46.7 Å². The molecule has 3 aromatic rings. The fourth-order valence-electron chi connectivity index (χ4n) is 3.36. The Morgan fingerprint density at radius 3 is 2.79 bits per heavy atom. The summed E-state index contributed by atoms with van der Waals surface area (Å²) in [7, 11) is 1.50. The van der Waals surface area contributed by atoms with Crippen LogP contribution in [-0.2, 0) is 4.79 Å². The molecule has 9 heteroatoms. The Morgan fingerprint density at radius 1 is 1.28 bits per heavy atom. The van der Waals surface area contributed by atoms with Gasteiger partial charge in [-0.25, -0.2) is 13.8 Å². The highest BCUT2D eigenvalue weighted by atomic mass is 19.3. The molecule has 2 amide bonds. The van der Waals surface area contributed by atoms with Gasteiger partial charge in [0.05, 0.1) is 23.8 Å². The first-order valence-corrected chi connectivity index (χ1v) is 9.04. The summed E-state index contributed by atoms with van der Waals surface area (Å²) >= 11 is 0. The highest BCUT2D eigenvalue weighted by Gasteiger charge is 2.24. The number of nitrogens with zero attached hydrogens (tertiary/aromatic N) is 2. The normalized spacial score (nSPS) is 14.1. The van der Waals surface area contributed by atoms with Crippen molar-refractivity contribution in [3.8, 4) is 5.75 Å². The van der Waals surface area contributed by atoms with E-state index >= 15 is 0 Å². The second-order valence-electron chi connectivity index (χ2n) is 6.64. The van der Waals surface area contributed by atoms with Crippen molar-refractivity contribution >= 4 is 34.2 Å². The molecule has 1 fully saturated rings. The van der Waals surface area contributed by atoms with E-state index in [1.54, 1.807) is 23.1 Å². The summed E-state index contributed by atoms with van der Waals surface area (Å²) in [5, 5.41) is 2.75. The fraction of sp³-hybridized carbons (Fsp3) is 0.250. The third kappa shape index (κ3) is 3.63. The van der Waals surface area contributed by atoms with Crippen LogP contribution < -0.4 is 15.0 Å². The summed E-state index contributed by atoms with van der Waals surface area (Å²) in [5.41, 5.74) is 2.15. The highest BCUT2D eigenvalue weighted by Crippen LogP contribution is 2.34. The molecule has 1 aromatic heterocycles. The number of hydrogen-bond acceptors (Lipinski definition) is 4. The van der Waals surface area contributed by atoms with E-state index in [-0.39, 0.29) is 5.91 Å². The molecule has 2 heterocycles. The zero-order valence-electron chi connectivity index (χ0n) is 15.5. The maximum Gasteiger partial charge on any atom is 0.295 e. The van der Waals surface area contributed by atoms with Crippen LogP contribution in [0.2, 0.25) is 0 Å². The number of methoxy groups -OCH3 is 1. The van der Waals surface area contributed by atoms with Gasteiger partial charge >= 0.3 is 0 Å². The Labute approximate surface area is 164 Å². The quantitative estimate of drug-likeness (QED) is 0.680. The van der Waals surface area contributed by atoms with Gasteiger partial charge in [0, 0.05) is 30.3 Å². The van der Waals surface area contributed by atoms with Gasteiger partial charge in [0.1, 0.15) is 5.75 Å². The largest absolute Gasteiger partial charge is 0.494 e. The SMILES string of the molecule is COc1cc(NC(=O)c2ccc3nc(C(F)F)[nH]c3c2)ccc1N1CCCC1=O. The Hall–Kier alpha value is -3.49. The number of alkyl halides is 2. The number of hydrogen-bond donors (Lipinski definition) is 2. The van der Waals surface area contributed by atoms with Crippen molar-refractivity contribution in [3.05, 3.63) is 47.8 Å². The number of fused-ring (bicyclic) bond motifs is 1. The zero-order chi connectivity index (χ0) is 20.5. The van der Waals surface area contributed by atoms with Gasteiger partial charge in [-0.05, 0) is 36.8 Å². The molecule has 1 saturated heterocycles. The summed E-state index contributed by atoms with van der Waals surface area (Å²) < 4.78 is 31.0. The number of halogens is 2. The third-order valence-electron chi connectivity index (χ3n) is 4.77.